The van der Waals surface area contributed by atoms with Crippen molar-refractivity contribution in [3.05, 3.63) is 12.7 Å². The first-order valence-corrected chi connectivity index (χ1v) is 4.88. The molecule has 0 rings (SSSR count). The molecule has 0 aliphatic carbocycles. The zero-order valence-corrected chi connectivity index (χ0v) is 9.06. The van der Waals surface area contributed by atoms with Gasteiger partial charge >= 0.3 is 0 Å². The molecular weight excluding hydrogens is 146 g/mol. The fraction of sp³-hybridized carbons (Fsp3) is 0.818. The molecule has 0 radical (unpaired) electrons. The summed E-state index contributed by atoms with van der Waals surface area (Å²) in [4.78, 5) is 2.24. The van der Waals surface area contributed by atoms with Gasteiger partial charge in [0.2, 0.25) is 0 Å². The first-order chi connectivity index (χ1) is 5.60. The van der Waals surface area contributed by atoms with E-state index in [9.17, 15) is 0 Å². The van der Waals surface area contributed by atoms with Crippen molar-refractivity contribution in [2.45, 2.75) is 33.1 Å². The Balaban J connectivity index is 4.02. The molecule has 0 atom stereocenters. The minimum Gasteiger partial charge on any atom is -0.309 e. The average molecular weight is 169 g/mol. The van der Waals surface area contributed by atoms with Gasteiger partial charge in [-0.3, -0.25) is 0 Å². The molecule has 12 heavy (non-hydrogen) atoms. The molecule has 0 bridgehead atoms. The summed E-state index contributed by atoms with van der Waals surface area (Å²) in [6.45, 7) is 9.60. The summed E-state index contributed by atoms with van der Waals surface area (Å²) in [5.74, 6) is 0. The summed E-state index contributed by atoms with van der Waals surface area (Å²) in [6.07, 6.45) is 5.79. The molecule has 0 aliphatic rings. The summed E-state index contributed by atoms with van der Waals surface area (Å²) in [6, 6.07) is 0. The van der Waals surface area contributed by atoms with Crippen LogP contribution in [0.25, 0.3) is 0 Å². The van der Waals surface area contributed by atoms with Gasteiger partial charge in [0.25, 0.3) is 0 Å². The van der Waals surface area contributed by atoms with E-state index in [-0.39, 0.29) is 0 Å². The third kappa shape index (κ3) is 3.40. The fourth-order valence-electron chi connectivity index (χ4n) is 1.44. The zero-order chi connectivity index (χ0) is 9.61. The van der Waals surface area contributed by atoms with Crippen LogP contribution in [-0.4, -0.2) is 25.5 Å². The largest absolute Gasteiger partial charge is 0.309 e. The lowest BCUT2D eigenvalue weighted by molar-refractivity contribution is 0.270. The Morgan fingerprint density at radius 1 is 1.25 bits per heavy atom. The van der Waals surface area contributed by atoms with Crippen LogP contribution >= 0.6 is 0 Å². The maximum Gasteiger partial charge on any atom is -0.00166 e. The molecule has 0 unspecified atom stereocenters. The molecule has 72 valence electrons. The highest BCUT2D eigenvalue weighted by molar-refractivity contribution is 4.93. The van der Waals surface area contributed by atoms with Crippen LogP contribution in [0.1, 0.15) is 33.1 Å². The highest BCUT2D eigenvalue weighted by atomic mass is 15.0. The second-order valence-electron chi connectivity index (χ2n) is 3.83. The quantitative estimate of drug-likeness (QED) is 0.553. The second-order valence-corrected chi connectivity index (χ2v) is 3.83. The van der Waals surface area contributed by atoms with Crippen molar-refractivity contribution in [2.75, 3.05) is 20.6 Å². The van der Waals surface area contributed by atoms with Gasteiger partial charge in [0.05, 0.1) is 0 Å². The number of nitrogens with zero attached hydrogens (tertiary/aromatic N) is 1. The normalized spacial score (nSPS) is 12.1. The summed E-state index contributed by atoms with van der Waals surface area (Å²) in [5, 5.41) is 0. The Morgan fingerprint density at radius 3 is 2.00 bits per heavy atom. The van der Waals surface area contributed by atoms with E-state index in [1.54, 1.807) is 0 Å². The number of rotatable bonds is 6. The molecular formula is C11H23N. The Labute approximate surface area is 77.5 Å². The Bertz CT molecular complexity index is 123. The highest BCUT2D eigenvalue weighted by Gasteiger charge is 2.21. The lowest BCUT2D eigenvalue weighted by atomic mass is 9.79. The van der Waals surface area contributed by atoms with Crippen molar-refractivity contribution in [3.8, 4) is 0 Å². The highest BCUT2D eigenvalue weighted by Crippen LogP contribution is 2.31. The number of allylic oxidation sites excluding steroid dienone is 1. The van der Waals surface area contributed by atoms with Crippen LogP contribution in [0.3, 0.4) is 0 Å². The molecule has 1 nitrogen and oxygen atoms in total. The third-order valence-corrected chi connectivity index (χ3v) is 2.90. The number of hydrogen-bond donors (Lipinski definition) is 0. The predicted octanol–water partition coefficient (Wildman–Crippen LogP) is 2.93. The van der Waals surface area contributed by atoms with Gasteiger partial charge < -0.3 is 4.90 Å². The van der Waals surface area contributed by atoms with Crippen molar-refractivity contribution in [2.24, 2.45) is 5.41 Å². The molecule has 0 aromatic heterocycles. The molecule has 0 aromatic rings. The van der Waals surface area contributed by atoms with Crippen LogP contribution in [0.4, 0.5) is 0 Å². The van der Waals surface area contributed by atoms with Crippen LogP contribution in [0, 0.1) is 5.41 Å². The van der Waals surface area contributed by atoms with Crippen molar-refractivity contribution in [1.29, 1.82) is 0 Å². The SMILES string of the molecule is C=CC(CC)(CC)CCN(C)C. The van der Waals surface area contributed by atoms with E-state index in [0.717, 1.165) is 6.54 Å². The molecule has 0 aliphatic heterocycles. The molecule has 0 saturated carbocycles. The average Bonchev–Trinajstić information content (AvgIpc) is 2.08. The minimum atomic E-state index is 0.379. The molecule has 0 fully saturated rings. The molecule has 0 amide bonds. The van der Waals surface area contributed by atoms with E-state index >= 15 is 0 Å². The van der Waals surface area contributed by atoms with E-state index in [1.165, 1.54) is 19.3 Å². The van der Waals surface area contributed by atoms with Gasteiger partial charge in [-0.15, -0.1) is 6.58 Å². The van der Waals surface area contributed by atoms with Gasteiger partial charge in [-0.2, -0.15) is 0 Å². The van der Waals surface area contributed by atoms with Crippen LogP contribution in [-0.2, 0) is 0 Å². The zero-order valence-electron chi connectivity index (χ0n) is 9.06. The fourth-order valence-corrected chi connectivity index (χ4v) is 1.44. The lowest BCUT2D eigenvalue weighted by Gasteiger charge is -2.29. The number of hydrogen-bond acceptors (Lipinski definition) is 1. The molecule has 0 aromatic carbocycles. The van der Waals surface area contributed by atoms with Gasteiger partial charge in [-0.05, 0) is 45.3 Å². The van der Waals surface area contributed by atoms with Crippen LogP contribution < -0.4 is 0 Å². The van der Waals surface area contributed by atoms with E-state index in [0.29, 0.717) is 5.41 Å². The topological polar surface area (TPSA) is 3.24 Å². The summed E-state index contributed by atoms with van der Waals surface area (Å²) < 4.78 is 0. The van der Waals surface area contributed by atoms with Gasteiger partial charge in [0.1, 0.15) is 0 Å². The van der Waals surface area contributed by atoms with Crippen molar-refractivity contribution < 1.29 is 0 Å². The minimum absolute atomic E-state index is 0.379. The van der Waals surface area contributed by atoms with Gasteiger partial charge in [0, 0.05) is 0 Å². The first-order valence-electron chi connectivity index (χ1n) is 4.88. The molecule has 0 spiro atoms. The maximum absolute atomic E-state index is 3.93. The Hall–Kier alpha value is -0.300. The first kappa shape index (κ1) is 11.7. The monoisotopic (exact) mass is 169 g/mol. The molecule has 1 heteroatoms. The van der Waals surface area contributed by atoms with E-state index in [1.807, 2.05) is 0 Å². The predicted molar refractivity (Wildman–Crippen MR) is 56.4 cm³/mol. The molecule has 0 N–H and O–H groups in total. The van der Waals surface area contributed by atoms with Crippen LogP contribution in [0.15, 0.2) is 12.7 Å². The van der Waals surface area contributed by atoms with Crippen LogP contribution in [0.5, 0.6) is 0 Å². The lowest BCUT2D eigenvalue weighted by Crippen LogP contribution is -2.23. The second kappa shape index (κ2) is 5.36. The molecule has 0 heterocycles. The Kier molecular flexibility index (Phi) is 5.23. The summed E-state index contributed by atoms with van der Waals surface area (Å²) >= 11 is 0. The van der Waals surface area contributed by atoms with Crippen LogP contribution in [0.2, 0.25) is 0 Å². The Morgan fingerprint density at radius 2 is 1.75 bits per heavy atom. The van der Waals surface area contributed by atoms with Gasteiger partial charge in [-0.1, -0.05) is 19.9 Å². The summed E-state index contributed by atoms with van der Waals surface area (Å²) in [5.41, 5.74) is 0.379. The van der Waals surface area contributed by atoms with Gasteiger partial charge in [-0.25, -0.2) is 0 Å². The summed E-state index contributed by atoms with van der Waals surface area (Å²) in [7, 11) is 4.25. The van der Waals surface area contributed by atoms with Crippen molar-refractivity contribution in [3.63, 3.8) is 0 Å². The van der Waals surface area contributed by atoms with Gasteiger partial charge in [0.15, 0.2) is 0 Å². The smallest absolute Gasteiger partial charge is 0.00166 e. The maximum atomic E-state index is 3.93. The molecule has 0 saturated heterocycles. The third-order valence-electron chi connectivity index (χ3n) is 2.90. The van der Waals surface area contributed by atoms with E-state index in [4.69, 9.17) is 0 Å². The van der Waals surface area contributed by atoms with E-state index in [2.05, 4.69) is 45.5 Å². The van der Waals surface area contributed by atoms with E-state index < -0.39 is 0 Å². The standard InChI is InChI=1S/C11H23N/c1-6-11(7-2,8-3)9-10-12(4)5/h6H,1,7-10H2,2-5H3. The van der Waals surface area contributed by atoms with Crippen molar-refractivity contribution >= 4 is 0 Å². The van der Waals surface area contributed by atoms with Crippen molar-refractivity contribution in [1.82, 2.24) is 4.90 Å².